The molecule has 0 spiro atoms. The van der Waals surface area contributed by atoms with Gasteiger partial charge in [-0.05, 0) is 12.3 Å². The SMILES string of the molecule is CS(=O)(=O)OC1C2C=CC(C2)C1C#N. The van der Waals surface area contributed by atoms with Crippen LogP contribution in [0, 0.1) is 29.1 Å². The minimum atomic E-state index is -3.46. The van der Waals surface area contributed by atoms with Gasteiger partial charge >= 0.3 is 0 Å². The molecule has 0 saturated heterocycles. The second-order valence-corrected chi connectivity index (χ2v) is 5.47. The Morgan fingerprint density at radius 3 is 2.64 bits per heavy atom. The lowest BCUT2D eigenvalue weighted by molar-refractivity contribution is 0.155. The van der Waals surface area contributed by atoms with E-state index in [0.29, 0.717) is 0 Å². The van der Waals surface area contributed by atoms with Crippen LogP contribution in [0.2, 0.25) is 0 Å². The number of nitrogens with zero attached hydrogens (tertiary/aromatic N) is 1. The van der Waals surface area contributed by atoms with Gasteiger partial charge in [-0.15, -0.1) is 0 Å². The summed E-state index contributed by atoms with van der Waals surface area (Å²) >= 11 is 0. The zero-order chi connectivity index (χ0) is 10.3. The fourth-order valence-electron chi connectivity index (χ4n) is 2.28. The van der Waals surface area contributed by atoms with Crippen LogP contribution in [-0.2, 0) is 14.3 Å². The molecule has 0 aromatic rings. The fourth-order valence-corrected chi connectivity index (χ4v) is 2.95. The lowest BCUT2D eigenvalue weighted by Gasteiger charge is -2.21. The van der Waals surface area contributed by atoms with Crippen molar-refractivity contribution in [2.24, 2.45) is 17.8 Å². The molecule has 4 nitrogen and oxygen atoms in total. The van der Waals surface area contributed by atoms with Crippen molar-refractivity contribution in [1.82, 2.24) is 0 Å². The number of nitriles is 1. The molecule has 76 valence electrons. The Balaban J connectivity index is 2.21. The van der Waals surface area contributed by atoms with E-state index in [1.54, 1.807) is 0 Å². The molecular formula is C9H11NO3S. The van der Waals surface area contributed by atoms with Crippen molar-refractivity contribution in [2.45, 2.75) is 12.5 Å². The first kappa shape index (κ1) is 9.69. The fraction of sp³-hybridized carbons (Fsp3) is 0.667. The van der Waals surface area contributed by atoms with Crippen LogP contribution in [0.1, 0.15) is 6.42 Å². The van der Waals surface area contributed by atoms with E-state index in [4.69, 9.17) is 9.44 Å². The molecule has 1 fully saturated rings. The molecule has 1 saturated carbocycles. The maximum absolute atomic E-state index is 11.0. The quantitative estimate of drug-likeness (QED) is 0.499. The molecule has 14 heavy (non-hydrogen) atoms. The first-order valence-corrected chi connectivity index (χ1v) is 6.29. The van der Waals surface area contributed by atoms with E-state index in [9.17, 15) is 8.42 Å². The Bertz CT molecular complexity index is 406. The summed E-state index contributed by atoms with van der Waals surface area (Å²) in [6.07, 6.45) is 5.34. The van der Waals surface area contributed by atoms with Crippen LogP contribution >= 0.6 is 0 Å². The highest BCUT2D eigenvalue weighted by atomic mass is 32.2. The topological polar surface area (TPSA) is 67.2 Å². The zero-order valence-corrected chi connectivity index (χ0v) is 8.57. The van der Waals surface area contributed by atoms with Crippen molar-refractivity contribution in [3.63, 3.8) is 0 Å². The standard InChI is InChI=1S/C9H11NO3S/c1-14(11,12)13-9-7-3-2-6(4-7)8(9)5-10/h2-3,6-9H,4H2,1H3. The van der Waals surface area contributed by atoms with Gasteiger partial charge in [0.15, 0.2) is 0 Å². The molecule has 4 unspecified atom stereocenters. The summed E-state index contributed by atoms with van der Waals surface area (Å²) in [5, 5.41) is 8.90. The molecule has 2 bridgehead atoms. The van der Waals surface area contributed by atoms with E-state index in [-0.39, 0.29) is 17.8 Å². The Labute approximate surface area is 83.3 Å². The molecule has 2 rings (SSSR count). The molecule has 0 aromatic carbocycles. The molecule has 2 aliphatic carbocycles. The van der Waals surface area contributed by atoms with Gasteiger partial charge < -0.3 is 0 Å². The first-order chi connectivity index (χ1) is 6.51. The van der Waals surface area contributed by atoms with Gasteiger partial charge in [0.25, 0.3) is 10.1 Å². The molecular weight excluding hydrogens is 202 g/mol. The van der Waals surface area contributed by atoms with E-state index in [2.05, 4.69) is 6.07 Å². The van der Waals surface area contributed by atoms with Gasteiger partial charge in [0.1, 0.15) is 0 Å². The van der Waals surface area contributed by atoms with Gasteiger partial charge in [0.05, 0.1) is 24.3 Å². The average molecular weight is 213 g/mol. The molecule has 0 aromatic heterocycles. The Morgan fingerprint density at radius 1 is 1.43 bits per heavy atom. The number of fused-ring (bicyclic) bond motifs is 2. The normalized spacial score (nSPS) is 40.0. The van der Waals surface area contributed by atoms with E-state index < -0.39 is 16.2 Å². The predicted octanol–water partition coefficient (Wildman–Crippen LogP) is 0.677. The van der Waals surface area contributed by atoms with Crippen molar-refractivity contribution >= 4 is 10.1 Å². The maximum Gasteiger partial charge on any atom is 0.264 e. The molecule has 4 atom stereocenters. The molecule has 5 heteroatoms. The minimum absolute atomic E-state index is 0.0966. The molecule has 2 aliphatic rings. The van der Waals surface area contributed by atoms with Gasteiger partial charge in [-0.3, -0.25) is 4.18 Å². The lowest BCUT2D eigenvalue weighted by Crippen LogP contribution is -2.29. The monoisotopic (exact) mass is 213 g/mol. The summed E-state index contributed by atoms with van der Waals surface area (Å²) in [6, 6.07) is 2.13. The number of hydrogen-bond donors (Lipinski definition) is 0. The number of rotatable bonds is 2. The lowest BCUT2D eigenvalue weighted by atomic mass is 9.93. The summed E-state index contributed by atoms with van der Waals surface area (Å²) in [4.78, 5) is 0. The zero-order valence-electron chi connectivity index (χ0n) is 7.75. The van der Waals surface area contributed by atoms with E-state index in [0.717, 1.165) is 12.7 Å². The highest BCUT2D eigenvalue weighted by molar-refractivity contribution is 7.86. The molecule has 0 N–H and O–H groups in total. The van der Waals surface area contributed by atoms with Gasteiger partial charge in [-0.2, -0.15) is 13.7 Å². The van der Waals surface area contributed by atoms with Crippen LogP contribution in [0.4, 0.5) is 0 Å². The summed E-state index contributed by atoms with van der Waals surface area (Å²) in [7, 11) is -3.46. The van der Waals surface area contributed by atoms with Gasteiger partial charge in [0, 0.05) is 5.92 Å². The van der Waals surface area contributed by atoms with Crippen LogP contribution < -0.4 is 0 Å². The average Bonchev–Trinajstić information content (AvgIpc) is 2.60. The van der Waals surface area contributed by atoms with Crippen LogP contribution in [-0.4, -0.2) is 20.8 Å². The smallest absolute Gasteiger partial charge is 0.264 e. The second kappa shape index (κ2) is 3.07. The van der Waals surface area contributed by atoms with Crippen LogP contribution in [0.5, 0.6) is 0 Å². The van der Waals surface area contributed by atoms with Crippen LogP contribution in [0.15, 0.2) is 12.2 Å². The summed E-state index contributed by atoms with van der Waals surface area (Å²) in [5.41, 5.74) is 0. The van der Waals surface area contributed by atoms with E-state index >= 15 is 0 Å². The van der Waals surface area contributed by atoms with Crippen LogP contribution in [0.3, 0.4) is 0 Å². The molecule has 0 radical (unpaired) electrons. The number of allylic oxidation sites excluding steroid dienone is 1. The summed E-state index contributed by atoms with van der Waals surface area (Å²) in [5.74, 6) is -0.0316. The minimum Gasteiger partial charge on any atom is -0.265 e. The Kier molecular flexibility index (Phi) is 2.13. The maximum atomic E-state index is 11.0. The molecule has 0 heterocycles. The van der Waals surface area contributed by atoms with Crippen molar-refractivity contribution in [1.29, 1.82) is 5.26 Å². The van der Waals surface area contributed by atoms with Gasteiger partial charge in [-0.1, -0.05) is 12.2 Å². The Hall–Kier alpha value is -0.860. The summed E-state index contributed by atoms with van der Waals surface area (Å²) < 4.78 is 26.9. The van der Waals surface area contributed by atoms with Gasteiger partial charge in [-0.25, -0.2) is 0 Å². The first-order valence-electron chi connectivity index (χ1n) is 4.47. The number of hydrogen-bond acceptors (Lipinski definition) is 4. The van der Waals surface area contributed by atoms with Crippen molar-refractivity contribution in [2.75, 3.05) is 6.26 Å². The van der Waals surface area contributed by atoms with Gasteiger partial charge in [0.2, 0.25) is 0 Å². The van der Waals surface area contributed by atoms with Crippen molar-refractivity contribution in [3.05, 3.63) is 12.2 Å². The predicted molar refractivity (Wildman–Crippen MR) is 49.6 cm³/mol. The van der Waals surface area contributed by atoms with Crippen molar-refractivity contribution < 1.29 is 12.6 Å². The Morgan fingerprint density at radius 2 is 2.07 bits per heavy atom. The molecule has 0 amide bonds. The summed E-state index contributed by atoms with van der Waals surface area (Å²) in [6.45, 7) is 0. The van der Waals surface area contributed by atoms with Crippen molar-refractivity contribution in [3.8, 4) is 6.07 Å². The molecule has 0 aliphatic heterocycles. The second-order valence-electron chi connectivity index (χ2n) is 3.87. The third kappa shape index (κ3) is 1.56. The third-order valence-corrected chi connectivity index (χ3v) is 3.39. The van der Waals surface area contributed by atoms with E-state index in [1.807, 2.05) is 12.2 Å². The highest BCUT2D eigenvalue weighted by Crippen LogP contribution is 2.45. The van der Waals surface area contributed by atoms with Crippen LogP contribution in [0.25, 0.3) is 0 Å². The largest absolute Gasteiger partial charge is 0.265 e. The van der Waals surface area contributed by atoms with E-state index in [1.165, 1.54) is 0 Å². The third-order valence-electron chi connectivity index (χ3n) is 2.82. The highest BCUT2D eigenvalue weighted by Gasteiger charge is 2.47.